The van der Waals surface area contributed by atoms with Gasteiger partial charge in [-0.05, 0) is 18.9 Å². The van der Waals surface area contributed by atoms with Crippen LogP contribution in [-0.4, -0.2) is 44.8 Å². The van der Waals surface area contributed by atoms with E-state index in [2.05, 4.69) is 5.10 Å². The number of rotatable bonds is 6. The van der Waals surface area contributed by atoms with Crippen LogP contribution in [0.25, 0.3) is 0 Å². The second kappa shape index (κ2) is 6.18. The summed E-state index contributed by atoms with van der Waals surface area (Å²) >= 11 is 0. The van der Waals surface area contributed by atoms with E-state index in [1.165, 1.54) is 9.58 Å². The predicted molar refractivity (Wildman–Crippen MR) is 66.4 cm³/mol. The van der Waals surface area contributed by atoms with Crippen LogP contribution >= 0.6 is 0 Å². The van der Waals surface area contributed by atoms with Crippen molar-refractivity contribution in [2.75, 3.05) is 13.1 Å². The Bertz CT molecular complexity index is 440. The number of nitrogens with zero attached hydrogens (tertiary/aromatic N) is 3. The number of carboxylic acid groups (broad SMARTS) is 1. The Morgan fingerprint density at radius 2 is 2.11 bits per heavy atom. The number of carbonyl (C=O) groups excluding carboxylic acids is 1. The highest BCUT2D eigenvalue weighted by Crippen LogP contribution is 2.08. The molecule has 6 heteroatoms. The number of aromatic nitrogens is 2. The molecule has 1 heterocycles. The molecule has 0 radical (unpaired) electrons. The van der Waals surface area contributed by atoms with E-state index in [4.69, 9.17) is 5.11 Å². The smallest absolute Gasteiger partial charge is 0.323 e. The Morgan fingerprint density at radius 3 is 2.56 bits per heavy atom. The third kappa shape index (κ3) is 3.32. The monoisotopic (exact) mass is 253 g/mol. The normalized spacial score (nSPS) is 10.4. The van der Waals surface area contributed by atoms with Gasteiger partial charge in [-0.1, -0.05) is 13.8 Å². The first-order chi connectivity index (χ1) is 8.49. The fourth-order valence-electron chi connectivity index (χ4n) is 1.75. The Labute approximate surface area is 106 Å². The summed E-state index contributed by atoms with van der Waals surface area (Å²) in [6, 6.07) is 1.72. The van der Waals surface area contributed by atoms with Crippen molar-refractivity contribution in [3.8, 4) is 0 Å². The van der Waals surface area contributed by atoms with Crippen molar-refractivity contribution in [1.29, 1.82) is 0 Å². The van der Waals surface area contributed by atoms with E-state index in [0.717, 1.165) is 18.5 Å². The molecule has 0 aliphatic rings. The summed E-state index contributed by atoms with van der Waals surface area (Å²) in [4.78, 5) is 24.3. The molecule has 0 aliphatic carbocycles. The molecule has 0 spiro atoms. The lowest BCUT2D eigenvalue weighted by atomic mass is 10.2. The van der Waals surface area contributed by atoms with Crippen molar-refractivity contribution in [3.63, 3.8) is 0 Å². The molecule has 0 saturated carbocycles. The zero-order valence-electron chi connectivity index (χ0n) is 11.0. The van der Waals surface area contributed by atoms with Gasteiger partial charge in [-0.25, -0.2) is 0 Å². The van der Waals surface area contributed by atoms with Gasteiger partial charge in [0.15, 0.2) is 0 Å². The fourth-order valence-corrected chi connectivity index (χ4v) is 1.75. The number of carboxylic acids is 1. The van der Waals surface area contributed by atoms with Gasteiger partial charge in [0.25, 0.3) is 5.91 Å². The molecule has 1 amide bonds. The highest BCUT2D eigenvalue weighted by molar-refractivity contribution is 5.94. The van der Waals surface area contributed by atoms with Crippen molar-refractivity contribution in [3.05, 3.63) is 17.5 Å². The number of hydrogen-bond donors (Lipinski definition) is 1. The minimum Gasteiger partial charge on any atom is -0.480 e. The molecule has 18 heavy (non-hydrogen) atoms. The maximum atomic E-state index is 12.2. The van der Waals surface area contributed by atoms with Crippen LogP contribution in [0.4, 0.5) is 0 Å². The van der Waals surface area contributed by atoms with Gasteiger partial charge in [0.2, 0.25) is 0 Å². The third-order valence-electron chi connectivity index (χ3n) is 2.62. The quantitative estimate of drug-likeness (QED) is 0.818. The first kappa shape index (κ1) is 14.2. The van der Waals surface area contributed by atoms with Gasteiger partial charge >= 0.3 is 5.97 Å². The Balaban J connectivity index is 2.93. The van der Waals surface area contributed by atoms with Crippen LogP contribution in [0, 0.1) is 0 Å². The van der Waals surface area contributed by atoms with Crippen molar-refractivity contribution in [1.82, 2.24) is 14.7 Å². The minimum atomic E-state index is -1.00. The second-order valence-electron chi connectivity index (χ2n) is 4.12. The third-order valence-corrected chi connectivity index (χ3v) is 2.62. The summed E-state index contributed by atoms with van der Waals surface area (Å²) in [5, 5.41) is 13.0. The second-order valence-corrected chi connectivity index (χ2v) is 4.12. The number of amides is 1. The number of carbonyl (C=O) groups is 2. The maximum absolute atomic E-state index is 12.2. The van der Waals surface area contributed by atoms with E-state index in [-0.39, 0.29) is 12.5 Å². The number of aryl methyl sites for hydroxylation is 2. The molecule has 0 fully saturated rings. The van der Waals surface area contributed by atoms with E-state index in [9.17, 15) is 9.59 Å². The SMILES string of the molecule is CCCN(CC(=O)O)C(=O)c1cc(CC)nn1C. The van der Waals surface area contributed by atoms with Crippen molar-refractivity contribution < 1.29 is 14.7 Å². The van der Waals surface area contributed by atoms with Crippen LogP contribution < -0.4 is 0 Å². The molecule has 0 unspecified atom stereocenters. The van der Waals surface area contributed by atoms with Crippen LogP contribution in [0.15, 0.2) is 6.07 Å². The van der Waals surface area contributed by atoms with Gasteiger partial charge in [0.1, 0.15) is 12.2 Å². The highest BCUT2D eigenvalue weighted by atomic mass is 16.4. The van der Waals surface area contributed by atoms with Gasteiger partial charge in [0.05, 0.1) is 5.69 Å². The molecular weight excluding hydrogens is 234 g/mol. The first-order valence-corrected chi connectivity index (χ1v) is 6.03. The lowest BCUT2D eigenvalue weighted by molar-refractivity contribution is -0.137. The predicted octanol–water partition coefficient (Wildman–Crippen LogP) is 0.919. The molecule has 1 N–H and O–H groups in total. The maximum Gasteiger partial charge on any atom is 0.323 e. The van der Waals surface area contributed by atoms with Crippen LogP contribution in [0.2, 0.25) is 0 Å². The zero-order chi connectivity index (χ0) is 13.7. The van der Waals surface area contributed by atoms with Crippen molar-refractivity contribution in [2.24, 2.45) is 7.05 Å². The van der Waals surface area contributed by atoms with Gasteiger partial charge in [-0.3, -0.25) is 14.3 Å². The zero-order valence-corrected chi connectivity index (χ0v) is 11.0. The van der Waals surface area contributed by atoms with Gasteiger partial charge in [-0.2, -0.15) is 5.10 Å². The molecule has 1 aromatic rings. The Kier molecular flexibility index (Phi) is 4.88. The van der Waals surface area contributed by atoms with Crippen molar-refractivity contribution >= 4 is 11.9 Å². The van der Waals surface area contributed by atoms with Gasteiger partial charge in [0, 0.05) is 13.6 Å². The topological polar surface area (TPSA) is 75.4 Å². The van der Waals surface area contributed by atoms with Crippen LogP contribution in [0.3, 0.4) is 0 Å². The van der Waals surface area contributed by atoms with E-state index in [0.29, 0.717) is 12.2 Å². The number of hydrogen-bond acceptors (Lipinski definition) is 3. The fraction of sp³-hybridized carbons (Fsp3) is 0.583. The average Bonchev–Trinajstić information content (AvgIpc) is 2.68. The Hall–Kier alpha value is -1.85. The van der Waals surface area contributed by atoms with Gasteiger partial charge < -0.3 is 10.0 Å². The highest BCUT2D eigenvalue weighted by Gasteiger charge is 2.21. The Morgan fingerprint density at radius 1 is 1.44 bits per heavy atom. The van der Waals surface area contributed by atoms with E-state index >= 15 is 0 Å². The molecule has 1 rings (SSSR count). The van der Waals surface area contributed by atoms with Crippen molar-refractivity contribution in [2.45, 2.75) is 26.7 Å². The average molecular weight is 253 g/mol. The summed E-state index contributed by atoms with van der Waals surface area (Å²) in [6.45, 7) is 4.01. The summed E-state index contributed by atoms with van der Waals surface area (Å²) in [6.07, 6.45) is 1.46. The summed E-state index contributed by atoms with van der Waals surface area (Å²) in [5.41, 5.74) is 1.26. The molecule has 0 aromatic carbocycles. The number of aliphatic carboxylic acids is 1. The molecule has 100 valence electrons. The van der Waals surface area contributed by atoms with Crippen LogP contribution in [0.5, 0.6) is 0 Å². The summed E-state index contributed by atoms with van der Waals surface area (Å²) < 4.78 is 1.51. The molecule has 0 saturated heterocycles. The van der Waals surface area contributed by atoms with E-state index < -0.39 is 5.97 Å². The summed E-state index contributed by atoms with van der Waals surface area (Å²) in [7, 11) is 1.69. The molecule has 0 aliphatic heterocycles. The summed E-state index contributed by atoms with van der Waals surface area (Å²) in [5.74, 6) is -1.29. The molecule has 6 nitrogen and oxygen atoms in total. The standard InChI is InChI=1S/C12H19N3O3/c1-4-6-15(8-11(16)17)12(18)10-7-9(5-2)13-14(10)3/h7H,4-6,8H2,1-3H3,(H,16,17). The molecule has 0 atom stereocenters. The molecule has 1 aromatic heterocycles. The molecule has 0 bridgehead atoms. The van der Waals surface area contributed by atoms with E-state index in [1.807, 2.05) is 13.8 Å². The largest absolute Gasteiger partial charge is 0.480 e. The molecular formula is C12H19N3O3. The van der Waals surface area contributed by atoms with Gasteiger partial charge in [-0.15, -0.1) is 0 Å². The first-order valence-electron chi connectivity index (χ1n) is 6.03. The van der Waals surface area contributed by atoms with Crippen LogP contribution in [0.1, 0.15) is 36.5 Å². The lowest BCUT2D eigenvalue weighted by Crippen LogP contribution is -2.37. The minimum absolute atomic E-state index is 0.278. The van der Waals surface area contributed by atoms with E-state index in [1.54, 1.807) is 13.1 Å². The van der Waals surface area contributed by atoms with Crippen LogP contribution in [-0.2, 0) is 18.3 Å². The lowest BCUT2D eigenvalue weighted by Gasteiger charge is -2.19.